The van der Waals surface area contributed by atoms with Crippen molar-refractivity contribution in [2.75, 3.05) is 7.11 Å². The summed E-state index contributed by atoms with van der Waals surface area (Å²) in [7, 11) is 1.46. The van der Waals surface area contributed by atoms with Gasteiger partial charge in [0.1, 0.15) is 11.6 Å². The summed E-state index contributed by atoms with van der Waals surface area (Å²) in [5.41, 5.74) is 10.4. The number of carbonyl (C=O) groups excluding carboxylic acids is 1. The lowest BCUT2D eigenvalue weighted by Gasteiger charge is -2.24. The van der Waals surface area contributed by atoms with E-state index in [1.165, 1.54) is 19.4 Å². The summed E-state index contributed by atoms with van der Waals surface area (Å²) in [4.78, 5) is 12.4. The third-order valence-electron chi connectivity index (χ3n) is 5.73. The van der Waals surface area contributed by atoms with Gasteiger partial charge in [0.25, 0.3) is 0 Å². The molecule has 0 amide bonds. The largest absolute Gasteiger partial charge is 0.493 e. The minimum Gasteiger partial charge on any atom is -0.493 e. The van der Waals surface area contributed by atoms with Crippen LogP contribution in [0.5, 0.6) is 17.4 Å². The summed E-state index contributed by atoms with van der Waals surface area (Å²) in [6, 6.07) is 18.2. The van der Waals surface area contributed by atoms with E-state index in [0.717, 1.165) is 11.1 Å². The number of H-pyrrole nitrogens is 1. The molecule has 174 valence electrons. The van der Waals surface area contributed by atoms with Gasteiger partial charge >= 0.3 is 5.97 Å². The number of hydrogen-bond acceptors (Lipinski definition) is 8. The number of nitrogens with one attached hydrogen (secondary N) is 1. The fourth-order valence-corrected chi connectivity index (χ4v) is 4.01. The van der Waals surface area contributed by atoms with Crippen molar-refractivity contribution >= 4 is 5.97 Å². The number of allylic oxidation sites excluding steroid dienone is 1. The second-order valence-corrected chi connectivity index (χ2v) is 7.89. The molecular weight excluding hydrogens is 448 g/mol. The third kappa shape index (κ3) is 3.87. The Morgan fingerprint density at radius 1 is 1.17 bits per heavy atom. The number of rotatable bonds is 5. The van der Waals surface area contributed by atoms with Crippen molar-refractivity contribution in [3.05, 3.63) is 94.8 Å². The Balaban J connectivity index is 1.59. The first-order valence-electron chi connectivity index (χ1n) is 10.7. The molecule has 2 aromatic heterocycles. The number of ether oxygens (including phenoxy) is 3. The van der Waals surface area contributed by atoms with E-state index in [0.29, 0.717) is 22.6 Å². The summed E-state index contributed by atoms with van der Waals surface area (Å²) in [6.45, 7) is 2.00. The molecule has 0 saturated heterocycles. The lowest BCUT2D eigenvalue weighted by atomic mass is 9.83. The first kappa shape index (κ1) is 21.9. The average Bonchev–Trinajstić information content (AvgIpc) is 3.54. The maximum atomic E-state index is 12.4. The van der Waals surface area contributed by atoms with Crippen molar-refractivity contribution < 1.29 is 23.4 Å². The number of nitrogens with two attached hydrogens (primary N) is 1. The number of benzene rings is 2. The van der Waals surface area contributed by atoms with Crippen LogP contribution in [0.2, 0.25) is 0 Å². The molecule has 4 aromatic rings. The van der Waals surface area contributed by atoms with Crippen LogP contribution < -0.4 is 19.9 Å². The minimum absolute atomic E-state index is 0.0285. The maximum absolute atomic E-state index is 12.4. The number of fused-ring (bicyclic) bond motifs is 1. The summed E-state index contributed by atoms with van der Waals surface area (Å²) < 4.78 is 21.7. The van der Waals surface area contributed by atoms with Gasteiger partial charge in [-0.05, 0) is 36.8 Å². The Morgan fingerprint density at radius 2 is 1.97 bits per heavy atom. The highest BCUT2D eigenvalue weighted by Crippen LogP contribution is 2.47. The number of furan rings is 1. The van der Waals surface area contributed by atoms with Crippen molar-refractivity contribution in [3.63, 3.8) is 0 Å². The Labute approximate surface area is 200 Å². The van der Waals surface area contributed by atoms with E-state index in [9.17, 15) is 10.1 Å². The molecule has 1 atom stereocenters. The molecule has 9 nitrogen and oxygen atoms in total. The van der Waals surface area contributed by atoms with Crippen LogP contribution in [0.1, 0.15) is 33.2 Å². The highest BCUT2D eigenvalue weighted by atomic mass is 16.6. The summed E-state index contributed by atoms with van der Waals surface area (Å²) >= 11 is 0. The molecule has 0 fully saturated rings. The van der Waals surface area contributed by atoms with Crippen molar-refractivity contribution in [2.24, 2.45) is 5.73 Å². The van der Waals surface area contributed by atoms with Crippen LogP contribution >= 0.6 is 0 Å². The quantitative estimate of drug-likeness (QED) is 0.324. The number of nitrogens with zero attached hydrogens (tertiary/aromatic N) is 2. The van der Waals surface area contributed by atoms with Gasteiger partial charge in [0.05, 0.1) is 30.5 Å². The molecule has 0 bridgehead atoms. The van der Waals surface area contributed by atoms with Gasteiger partial charge in [0, 0.05) is 5.56 Å². The van der Waals surface area contributed by atoms with Gasteiger partial charge in [-0.2, -0.15) is 5.26 Å². The summed E-state index contributed by atoms with van der Waals surface area (Å²) in [5.74, 6) is -0.435. The molecular formula is C26H20N4O5. The highest BCUT2D eigenvalue weighted by molar-refractivity contribution is 5.88. The number of nitriles is 1. The predicted octanol–water partition coefficient (Wildman–Crippen LogP) is 4.42. The van der Waals surface area contributed by atoms with E-state index in [-0.39, 0.29) is 28.8 Å². The molecule has 1 unspecified atom stereocenters. The second kappa shape index (κ2) is 8.76. The van der Waals surface area contributed by atoms with Gasteiger partial charge in [-0.3, -0.25) is 5.10 Å². The molecule has 3 N–H and O–H groups in total. The summed E-state index contributed by atoms with van der Waals surface area (Å²) in [6.07, 6.45) is 1.39. The van der Waals surface area contributed by atoms with Crippen LogP contribution in [0.25, 0.3) is 11.3 Å². The smallest absolute Gasteiger partial charge is 0.379 e. The molecule has 5 rings (SSSR count). The molecule has 1 aliphatic heterocycles. The van der Waals surface area contributed by atoms with Crippen LogP contribution in [0.15, 0.2) is 76.7 Å². The van der Waals surface area contributed by atoms with E-state index in [1.54, 1.807) is 24.3 Å². The Kier molecular flexibility index (Phi) is 5.47. The van der Waals surface area contributed by atoms with Gasteiger partial charge < -0.3 is 24.4 Å². The third-order valence-corrected chi connectivity index (χ3v) is 5.73. The Morgan fingerprint density at radius 3 is 2.66 bits per heavy atom. The lowest BCUT2D eigenvalue weighted by molar-refractivity contribution is 0.0696. The molecule has 35 heavy (non-hydrogen) atoms. The first-order chi connectivity index (χ1) is 17.0. The standard InChI is InChI=1S/C26H20N4O5/c1-14-5-7-15(8-6-14)23-22-21(17(13-27)24(28)35-25(22)30-29-23)16-9-10-18(20(12-16)32-2)34-26(31)19-4-3-11-33-19/h3-12,21H,28H2,1-2H3,(H,29,30). The van der Waals surface area contributed by atoms with Gasteiger partial charge in [0.2, 0.25) is 17.5 Å². The molecule has 0 saturated carbocycles. The average molecular weight is 468 g/mol. The SMILES string of the molecule is COc1cc(C2C(C#N)=C(N)Oc3n[nH]c(-c4ccc(C)cc4)c32)ccc1OC(=O)c1ccco1. The minimum atomic E-state index is -0.659. The van der Waals surface area contributed by atoms with Crippen molar-refractivity contribution in [1.82, 2.24) is 10.2 Å². The fraction of sp³-hybridized carbons (Fsp3) is 0.115. The van der Waals surface area contributed by atoms with E-state index in [1.807, 2.05) is 31.2 Å². The fourth-order valence-electron chi connectivity index (χ4n) is 4.01. The number of hydrogen-bond donors (Lipinski definition) is 2. The first-order valence-corrected chi connectivity index (χ1v) is 10.7. The van der Waals surface area contributed by atoms with Gasteiger partial charge in [-0.1, -0.05) is 35.9 Å². The highest BCUT2D eigenvalue weighted by Gasteiger charge is 2.36. The maximum Gasteiger partial charge on any atom is 0.379 e. The number of aromatic amines is 1. The molecule has 0 aliphatic carbocycles. The van der Waals surface area contributed by atoms with Crippen LogP contribution in [0, 0.1) is 18.3 Å². The van der Waals surface area contributed by atoms with Gasteiger partial charge in [-0.15, -0.1) is 5.10 Å². The van der Waals surface area contributed by atoms with Gasteiger partial charge in [0.15, 0.2) is 11.5 Å². The van der Waals surface area contributed by atoms with Crippen LogP contribution in [-0.4, -0.2) is 23.3 Å². The van der Waals surface area contributed by atoms with Crippen LogP contribution in [0.4, 0.5) is 0 Å². The molecule has 0 spiro atoms. The molecule has 1 aliphatic rings. The Bertz CT molecular complexity index is 1480. The second-order valence-electron chi connectivity index (χ2n) is 7.89. The topological polar surface area (TPSA) is 136 Å². The molecule has 0 radical (unpaired) electrons. The van der Waals surface area contributed by atoms with Crippen LogP contribution in [0.3, 0.4) is 0 Å². The number of methoxy groups -OCH3 is 1. The van der Waals surface area contributed by atoms with Crippen molar-refractivity contribution in [1.29, 1.82) is 5.26 Å². The number of aryl methyl sites for hydroxylation is 1. The van der Waals surface area contributed by atoms with E-state index in [2.05, 4.69) is 16.3 Å². The molecule has 3 heterocycles. The van der Waals surface area contributed by atoms with Crippen molar-refractivity contribution in [2.45, 2.75) is 12.8 Å². The number of aromatic nitrogens is 2. The number of esters is 1. The van der Waals surface area contributed by atoms with E-state index in [4.69, 9.17) is 24.4 Å². The number of carbonyl (C=O) groups is 1. The van der Waals surface area contributed by atoms with Crippen LogP contribution in [-0.2, 0) is 0 Å². The zero-order valence-corrected chi connectivity index (χ0v) is 18.9. The van der Waals surface area contributed by atoms with E-state index < -0.39 is 11.9 Å². The normalized spacial score (nSPS) is 14.6. The summed E-state index contributed by atoms with van der Waals surface area (Å²) in [5, 5.41) is 17.3. The zero-order chi connectivity index (χ0) is 24.5. The molecule has 2 aromatic carbocycles. The monoisotopic (exact) mass is 468 g/mol. The predicted molar refractivity (Wildman–Crippen MR) is 125 cm³/mol. The molecule has 9 heteroatoms. The Hall–Kier alpha value is -4.97. The van der Waals surface area contributed by atoms with Crippen molar-refractivity contribution in [3.8, 4) is 34.7 Å². The van der Waals surface area contributed by atoms with Gasteiger partial charge in [-0.25, -0.2) is 4.79 Å². The zero-order valence-electron chi connectivity index (χ0n) is 18.9. The van der Waals surface area contributed by atoms with E-state index >= 15 is 0 Å². The lowest BCUT2D eigenvalue weighted by Crippen LogP contribution is -2.21.